The van der Waals surface area contributed by atoms with E-state index in [2.05, 4.69) is 6.92 Å². The third kappa shape index (κ3) is 45.0. The molecule has 0 amide bonds. The van der Waals surface area contributed by atoms with Crippen LogP contribution < -0.4 is 0 Å². The first-order valence-electron chi connectivity index (χ1n) is 18.3. The standard InChI is InChI=1S/C35H70O14/c1-4-5-6-7-8-9-35(36)49-33-31-47-29-27-45-25-23-43-21-19-41-17-15-39-13-11-37-10-12-38-14-16-40-18-20-42-22-24-44-26-28-46-30-32-48-34(2)3/h34H,4-33H2,1-3H3. The summed E-state index contributed by atoms with van der Waals surface area (Å²) >= 11 is 0. The lowest BCUT2D eigenvalue weighted by molar-refractivity contribution is -0.145. The van der Waals surface area contributed by atoms with Crippen molar-refractivity contribution in [1.82, 2.24) is 0 Å². The van der Waals surface area contributed by atoms with E-state index in [9.17, 15) is 4.79 Å². The van der Waals surface area contributed by atoms with Crippen molar-refractivity contribution in [1.29, 1.82) is 0 Å². The fourth-order valence-corrected chi connectivity index (χ4v) is 3.80. The van der Waals surface area contributed by atoms with Crippen molar-refractivity contribution in [2.75, 3.05) is 159 Å². The summed E-state index contributed by atoms with van der Waals surface area (Å²) < 4.78 is 70.6. The average molecular weight is 715 g/mol. The van der Waals surface area contributed by atoms with E-state index in [-0.39, 0.29) is 18.7 Å². The van der Waals surface area contributed by atoms with Crippen molar-refractivity contribution in [3.8, 4) is 0 Å². The highest BCUT2D eigenvalue weighted by atomic mass is 16.6. The highest BCUT2D eigenvalue weighted by molar-refractivity contribution is 5.69. The Morgan fingerprint density at radius 3 is 0.918 bits per heavy atom. The van der Waals surface area contributed by atoms with Crippen molar-refractivity contribution >= 4 is 5.97 Å². The fraction of sp³-hybridized carbons (Fsp3) is 0.971. The Labute approximate surface area is 296 Å². The van der Waals surface area contributed by atoms with Gasteiger partial charge in [-0.2, -0.15) is 0 Å². The fourth-order valence-electron chi connectivity index (χ4n) is 3.80. The van der Waals surface area contributed by atoms with Crippen LogP contribution in [0.15, 0.2) is 0 Å². The normalized spacial score (nSPS) is 11.6. The summed E-state index contributed by atoms with van der Waals surface area (Å²) in [6, 6.07) is 0. The van der Waals surface area contributed by atoms with E-state index in [4.69, 9.17) is 61.6 Å². The Morgan fingerprint density at radius 2 is 0.633 bits per heavy atom. The first kappa shape index (κ1) is 48.0. The molecule has 0 aromatic heterocycles. The van der Waals surface area contributed by atoms with Gasteiger partial charge in [-0.05, 0) is 20.3 Å². The van der Waals surface area contributed by atoms with Crippen LogP contribution in [0, 0.1) is 0 Å². The third-order valence-corrected chi connectivity index (χ3v) is 6.37. The van der Waals surface area contributed by atoms with Gasteiger partial charge in [0.1, 0.15) is 6.61 Å². The smallest absolute Gasteiger partial charge is 0.305 e. The Balaban J connectivity index is 3.09. The van der Waals surface area contributed by atoms with E-state index in [0.717, 1.165) is 12.8 Å². The first-order valence-corrected chi connectivity index (χ1v) is 18.3. The van der Waals surface area contributed by atoms with Gasteiger partial charge in [0.2, 0.25) is 0 Å². The molecule has 0 spiro atoms. The molecule has 0 aliphatic heterocycles. The predicted molar refractivity (Wildman–Crippen MR) is 184 cm³/mol. The summed E-state index contributed by atoms with van der Waals surface area (Å²) in [5.41, 5.74) is 0. The van der Waals surface area contributed by atoms with Gasteiger partial charge in [-0.25, -0.2) is 0 Å². The molecule has 0 saturated heterocycles. The molecule has 0 aromatic carbocycles. The minimum atomic E-state index is -0.148. The van der Waals surface area contributed by atoms with Gasteiger partial charge < -0.3 is 61.6 Å². The van der Waals surface area contributed by atoms with E-state index in [0.29, 0.717) is 158 Å². The SMILES string of the molecule is CCCCCCCC(=O)OCCOCCOCCOCCOCCOCCOCCOCCOCCOCCOCCOCCOC(C)C. The van der Waals surface area contributed by atoms with Crippen LogP contribution in [0.3, 0.4) is 0 Å². The summed E-state index contributed by atoms with van der Waals surface area (Å²) in [6.07, 6.45) is 6.30. The minimum absolute atomic E-state index is 0.148. The predicted octanol–water partition coefficient (Wildman–Crippen LogP) is 3.50. The van der Waals surface area contributed by atoms with Gasteiger partial charge in [-0.1, -0.05) is 32.6 Å². The van der Waals surface area contributed by atoms with E-state index < -0.39 is 0 Å². The lowest BCUT2D eigenvalue weighted by Gasteiger charge is -2.09. The van der Waals surface area contributed by atoms with Crippen molar-refractivity contribution < 1.29 is 66.4 Å². The van der Waals surface area contributed by atoms with Crippen molar-refractivity contribution in [3.05, 3.63) is 0 Å². The maximum atomic E-state index is 11.6. The zero-order valence-electron chi connectivity index (χ0n) is 31.0. The number of hydrogen-bond donors (Lipinski definition) is 0. The van der Waals surface area contributed by atoms with Crippen LogP contribution in [0.1, 0.15) is 59.3 Å². The number of carbonyl (C=O) groups is 1. The van der Waals surface area contributed by atoms with Gasteiger partial charge in [-0.3, -0.25) is 4.79 Å². The minimum Gasteiger partial charge on any atom is -0.463 e. The molecule has 0 unspecified atom stereocenters. The zero-order chi connectivity index (χ0) is 35.6. The molecule has 0 aromatic rings. The zero-order valence-corrected chi connectivity index (χ0v) is 31.0. The molecule has 0 fully saturated rings. The van der Waals surface area contributed by atoms with Crippen LogP contribution in [0.4, 0.5) is 0 Å². The van der Waals surface area contributed by atoms with Crippen LogP contribution in [-0.4, -0.2) is 171 Å². The van der Waals surface area contributed by atoms with Gasteiger partial charge in [0.05, 0.1) is 158 Å². The van der Waals surface area contributed by atoms with Gasteiger partial charge in [0, 0.05) is 6.42 Å². The molecule has 49 heavy (non-hydrogen) atoms. The molecular weight excluding hydrogens is 644 g/mol. The average Bonchev–Trinajstić information content (AvgIpc) is 3.09. The molecular formula is C35H70O14. The van der Waals surface area contributed by atoms with E-state index in [1.165, 1.54) is 19.3 Å². The summed E-state index contributed by atoms with van der Waals surface area (Å²) in [5.74, 6) is -0.148. The molecule has 294 valence electrons. The maximum absolute atomic E-state index is 11.6. The number of ether oxygens (including phenoxy) is 13. The molecule has 0 heterocycles. The molecule has 0 aliphatic rings. The maximum Gasteiger partial charge on any atom is 0.305 e. The van der Waals surface area contributed by atoms with Gasteiger partial charge >= 0.3 is 5.97 Å². The monoisotopic (exact) mass is 714 g/mol. The Bertz CT molecular complexity index is 629. The molecule has 0 saturated carbocycles. The summed E-state index contributed by atoms with van der Waals surface area (Å²) in [5, 5.41) is 0. The first-order chi connectivity index (χ1) is 24.2. The van der Waals surface area contributed by atoms with Crippen LogP contribution in [0.25, 0.3) is 0 Å². The van der Waals surface area contributed by atoms with E-state index in [1.54, 1.807) is 0 Å². The highest BCUT2D eigenvalue weighted by Crippen LogP contribution is 2.05. The largest absolute Gasteiger partial charge is 0.463 e. The molecule has 0 bridgehead atoms. The lowest BCUT2D eigenvalue weighted by atomic mass is 10.1. The second kappa shape index (κ2) is 43.2. The number of unbranched alkanes of at least 4 members (excludes halogenated alkanes) is 4. The van der Waals surface area contributed by atoms with E-state index >= 15 is 0 Å². The van der Waals surface area contributed by atoms with Crippen LogP contribution in [-0.2, 0) is 66.4 Å². The Kier molecular flexibility index (Phi) is 42.3. The van der Waals surface area contributed by atoms with Crippen molar-refractivity contribution in [3.63, 3.8) is 0 Å². The van der Waals surface area contributed by atoms with Gasteiger partial charge in [0.25, 0.3) is 0 Å². The third-order valence-electron chi connectivity index (χ3n) is 6.37. The van der Waals surface area contributed by atoms with Gasteiger partial charge in [0.15, 0.2) is 0 Å². The second-order valence-corrected chi connectivity index (χ2v) is 11.0. The molecule has 14 nitrogen and oxygen atoms in total. The van der Waals surface area contributed by atoms with Crippen molar-refractivity contribution in [2.45, 2.75) is 65.4 Å². The summed E-state index contributed by atoms with van der Waals surface area (Å²) in [7, 11) is 0. The highest BCUT2D eigenvalue weighted by Gasteiger charge is 2.02. The van der Waals surface area contributed by atoms with Crippen LogP contribution in [0.2, 0.25) is 0 Å². The topological polar surface area (TPSA) is 137 Å². The molecule has 14 heteroatoms. The molecule has 0 atom stereocenters. The number of rotatable bonds is 43. The van der Waals surface area contributed by atoms with E-state index in [1.807, 2.05) is 13.8 Å². The van der Waals surface area contributed by atoms with Crippen molar-refractivity contribution in [2.24, 2.45) is 0 Å². The van der Waals surface area contributed by atoms with Gasteiger partial charge in [-0.15, -0.1) is 0 Å². The molecule has 0 rings (SSSR count). The quantitative estimate of drug-likeness (QED) is 0.0673. The number of hydrogen-bond acceptors (Lipinski definition) is 14. The number of carbonyl (C=O) groups excluding carboxylic acids is 1. The molecule has 0 N–H and O–H groups in total. The van der Waals surface area contributed by atoms with Crippen LogP contribution in [0.5, 0.6) is 0 Å². The molecule has 0 radical (unpaired) electrons. The summed E-state index contributed by atoms with van der Waals surface area (Å²) in [4.78, 5) is 11.6. The van der Waals surface area contributed by atoms with Crippen LogP contribution >= 0.6 is 0 Å². The lowest BCUT2D eigenvalue weighted by Crippen LogP contribution is -2.16. The Hall–Kier alpha value is -1.01. The summed E-state index contributed by atoms with van der Waals surface area (Å²) in [6.45, 7) is 18.1. The second-order valence-electron chi connectivity index (χ2n) is 11.0. The Morgan fingerprint density at radius 1 is 0.367 bits per heavy atom. The number of esters is 1. The molecule has 0 aliphatic carbocycles.